The summed E-state index contributed by atoms with van der Waals surface area (Å²) in [6.45, 7) is 5.23. The van der Waals surface area contributed by atoms with Crippen LogP contribution in [0.15, 0.2) is 48.7 Å². The highest BCUT2D eigenvalue weighted by Gasteiger charge is 2.43. The number of alkyl halides is 7. The van der Waals surface area contributed by atoms with Crippen LogP contribution >= 0.6 is 0 Å². The van der Waals surface area contributed by atoms with Crippen LogP contribution < -0.4 is 9.80 Å². The molecule has 2 heterocycles. The van der Waals surface area contributed by atoms with E-state index < -0.39 is 58.1 Å². The molecule has 0 spiro atoms. The monoisotopic (exact) mass is 615 g/mol. The molecule has 3 aromatic rings. The van der Waals surface area contributed by atoms with Gasteiger partial charge in [0.2, 0.25) is 5.91 Å². The number of hydrogen-bond donors (Lipinski definition) is 1. The normalized spacial score (nSPS) is 19.6. The van der Waals surface area contributed by atoms with Crippen molar-refractivity contribution in [1.29, 1.82) is 0 Å². The highest BCUT2D eigenvalue weighted by molar-refractivity contribution is 6.03. The summed E-state index contributed by atoms with van der Waals surface area (Å²) < 4.78 is 110. The first-order valence-corrected chi connectivity index (χ1v) is 13.1. The van der Waals surface area contributed by atoms with Crippen LogP contribution in [0.4, 0.5) is 46.6 Å². The molecule has 1 aliphatic rings. The third-order valence-electron chi connectivity index (χ3n) is 7.70. The van der Waals surface area contributed by atoms with Crippen LogP contribution in [0.2, 0.25) is 0 Å². The zero-order chi connectivity index (χ0) is 32.3. The fraction of sp³-hybridized carbons (Fsp3) is 0.400. The number of anilines is 2. The third kappa shape index (κ3) is 6.31. The van der Waals surface area contributed by atoms with Gasteiger partial charge < -0.3 is 14.9 Å². The Kier molecular flexibility index (Phi) is 8.05. The molecule has 0 aliphatic carbocycles. The van der Waals surface area contributed by atoms with Gasteiger partial charge in [-0.3, -0.25) is 4.79 Å². The lowest BCUT2D eigenvalue weighted by Crippen LogP contribution is -2.43. The van der Waals surface area contributed by atoms with Crippen LogP contribution in [-0.2, 0) is 22.6 Å². The molecule has 5 nitrogen and oxygen atoms in total. The van der Waals surface area contributed by atoms with Crippen LogP contribution in [0.1, 0.15) is 49.4 Å². The van der Waals surface area contributed by atoms with Crippen molar-refractivity contribution in [2.75, 3.05) is 23.4 Å². The number of likely N-dealkylation sites (N-methyl/N-ethyl adjacent to an activating group) is 1. The molecule has 1 saturated heterocycles. The van der Waals surface area contributed by atoms with Gasteiger partial charge in [0.1, 0.15) is 23.5 Å². The lowest BCUT2D eigenvalue weighted by Gasteiger charge is -2.33. The molecule has 43 heavy (non-hydrogen) atoms. The van der Waals surface area contributed by atoms with E-state index in [2.05, 4.69) is 4.98 Å². The van der Waals surface area contributed by atoms with Crippen LogP contribution in [0.25, 0.3) is 11.1 Å². The second kappa shape index (κ2) is 10.8. The summed E-state index contributed by atoms with van der Waals surface area (Å²) in [6.07, 6.45) is -10.5. The summed E-state index contributed by atoms with van der Waals surface area (Å²) in [5.74, 6) is -1.27. The summed E-state index contributed by atoms with van der Waals surface area (Å²) in [4.78, 5) is 20.6. The molecular weight excluding hydrogens is 586 g/mol. The first-order chi connectivity index (χ1) is 19.6. The molecule has 1 amide bonds. The van der Waals surface area contributed by atoms with E-state index in [0.29, 0.717) is 23.3 Å². The molecule has 0 saturated carbocycles. The quantitative estimate of drug-likeness (QED) is 0.304. The summed E-state index contributed by atoms with van der Waals surface area (Å²) >= 11 is 0. The van der Waals surface area contributed by atoms with Crippen LogP contribution in [0.5, 0.6) is 0 Å². The van der Waals surface area contributed by atoms with E-state index in [9.17, 15) is 45.0 Å². The van der Waals surface area contributed by atoms with E-state index in [1.54, 1.807) is 6.92 Å². The Morgan fingerprint density at radius 3 is 2.02 bits per heavy atom. The molecular formula is C30H29F8N3O2. The topological polar surface area (TPSA) is 56.7 Å². The Morgan fingerprint density at radius 1 is 0.977 bits per heavy atom. The Labute approximate surface area is 242 Å². The van der Waals surface area contributed by atoms with Gasteiger partial charge in [0.25, 0.3) is 0 Å². The van der Waals surface area contributed by atoms with Crippen molar-refractivity contribution in [3.8, 4) is 11.1 Å². The van der Waals surface area contributed by atoms with Gasteiger partial charge in [0, 0.05) is 19.0 Å². The second-order valence-corrected chi connectivity index (χ2v) is 11.4. The number of nitrogens with zero attached hydrogens (tertiary/aromatic N) is 3. The molecule has 1 aromatic heterocycles. The van der Waals surface area contributed by atoms with Crippen LogP contribution in [-0.4, -0.2) is 41.5 Å². The summed E-state index contributed by atoms with van der Waals surface area (Å²) in [5.41, 5.74) is -5.89. The SMILES string of the molecule is Cc1cc(F)ccc1-c1cc(N2C[C@@H](F)C[C@]2(C)O)ncc1N(C)C(=O)C(C)(C)c1cc(C(F)(F)F)cc(C(F)(F)F)c1. The summed E-state index contributed by atoms with van der Waals surface area (Å²) in [7, 11) is 1.28. The van der Waals surface area contributed by atoms with E-state index in [4.69, 9.17) is 0 Å². The minimum atomic E-state index is -5.11. The van der Waals surface area contributed by atoms with Gasteiger partial charge in [0.15, 0.2) is 0 Å². The predicted octanol–water partition coefficient (Wildman–Crippen LogP) is 7.43. The maximum Gasteiger partial charge on any atom is 0.416 e. The fourth-order valence-corrected chi connectivity index (χ4v) is 5.29. The van der Waals surface area contributed by atoms with Gasteiger partial charge in [-0.25, -0.2) is 13.8 Å². The van der Waals surface area contributed by atoms with E-state index in [1.807, 2.05) is 0 Å². The molecule has 1 aliphatic heterocycles. The van der Waals surface area contributed by atoms with E-state index in [1.165, 1.54) is 63.2 Å². The minimum absolute atomic E-state index is 0.0128. The Bertz CT molecular complexity index is 1520. The molecule has 4 rings (SSSR count). The van der Waals surface area contributed by atoms with Gasteiger partial charge in [-0.2, -0.15) is 26.3 Å². The van der Waals surface area contributed by atoms with Crippen molar-refractivity contribution in [2.45, 2.75) is 63.8 Å². The molecule has 232 valence electrons. The maximum atomic E-state index is 14.2. The third-order valence-corrected chi connectivity index (χ3v) is 7.70. The number of pyridine rings is 1. The predicted molar refractivity (Wildman–Crippen MR) is 145 cm³/mol. The van der Waals surface area contributed by atoms with Gasteiger partial charge in [-0.05, 0) is 80.8 Å². The largest absolute Gasteiger partial charge is 0.416 e. The fourth-order valence-electron chi connectivity index (χ4n) is 5.29. The maximum absolute atomic E-state index is 14.2. The zero-order valence-electron chi connectivity index (χ0n) is 23.8. The van der Waals surface area contributed by atoms with Crippen LogP contribution in [0, 0.1) is 12.7 Å². The molecule has 1 N–H and O–H groups in total. The van der Waals surface area contributed by atoms with Crippen molar-refractivity contribution in [3.63, 3.8) is 0 Å². The first kappa shape index (κ1) is 32.2. The highest BCUT2D eigenvalue weighted by Crippen LogP contribution is 2.42. The van der Waals surface area contributed by atoms with Gasteiger partial charge in [-0.1, -0.05) is 6.07 Å². The molecule has 2 aromatic carbocycles. The van der Waals surface area contributed by atoms with E-state index in [0.717, 1.165) is 4.90 Å². The summed E-state index contributed by atoms with van der Waals surface area (Å²) in [5, 5.41) is 10.8. The number of hydrogen-bond acceptors (Lipinski definition) is 4. The molecule has 2 atom stereocenters. The average molecular weight is 616 g/mol. The number of aromatic nitrogens is 1. The standard InChI is InChI=1S/C30H29F8N3O2/c1-16-8-20(31)6-7-22(16)23-12-25(41-15-21(32)13-28(41,4)43)39-14-24(23)40(5)26(42)27(2,3)17-9-18(29(33,34)35)11-19(10-17)30(36,37)38/h6-12,14,21,43H,13,15H2,1-5H3/t21-,28-/m0/s1. The smallest absolute Gasteiger partial charge is 0.371 e. The zero-order valence-corrected chi connectivity index (χ0v) is 23.8. The lowest BCUT2D eigenvalue weighted by molar-refractivity contribution is -0.143. The van der Waals surface area contributed by atoms with Crippen molar-refractivity contribution in [2.24, 2.45) is 0 Å². The van der Waals surface area contributed by atoms with Gasteiger partial charge in [-0.15, -0.1) is 0 Å². The molecule has 13 heteroatoms. The van der Waals surface area contributed by atoms with Crippen LogP contribution in [0.3, 0.4) is 0 Å². The van der Waals surface area contributed by atoms with Gasteiger partial charge >= 0.3 is 12.4 Å². The minimum Gasteiger partial charge on any atom is -0.371 e. The number of halogens is 8. The molecule has 1 fully saturated rings. The van der Waals surface area contributed by atoms with Crippen molar-refractivity contribution >= 4 is 17.4 Å². The molecule has 0 unspecified atom stereocenters. The Balaban J connectivity index is 1.85. The van der Waals surface area contributed by atoms with Crippen molar-refractivity contribution < 1.29 is 45.0 Å². The second-order valence-electron chi connectivity index (χ2n) is 11.4. The average Bonchev–Trinajstić information content (AvgIpc) is 3.17. The Hall–Kier alpha value is -3.74. The highest BCUT2D eigenvalue weighted by atomic mass is 19.4. The molecule has 0 radical (unpaired) electrons. The van der Waals surface area contributed by atoms with Crippen molar-refractivity contribution in [1.82, 2.24) is 4.98 Å². The number of carbonyl (C=O) groups excluding carboxylic acids is 1. The lowest BCUT2D eigenvalue weighted by atomic mass is 9.81. The first-order valence-electron chi connectivity index (χ1n) is 13.1. The van der Waals surface area contributed by atoms with Gasteiger partial charge in [0.05, 0.1) is 35.0 Å². The Morgan fingerprint density at radius 2 is 1.53 bits per heavy atom. The van der Waals surface area contributed by atoms with Crippen molar-refractivity contribution in [3.05, 3.63) is 76.7 Å². The molecule has 0 bridgehead atoms. The van der Waals surface area contributed by atoms with E-state index in [-0.39, 0.29) is 36.1 Å². The number of rotatable bonds is 5. The number of benzene rings is 2. The van der Waals surface area contributed by atoms with E-state index >= 15 is 0 Å². The number of aliphatic hydroxyl groups is 1. The summed E-state index contributed by atoms with van der Waals surface area (Å²) in [6, 6.07) is 6.30. The number of amides is 1. The number of aryl methyl sites for hydroxylation is 1. The number of carbonyl (C=O) groups is 1.